The fraction of sp³-hybridized carbons (Fsp3) is 0.394. The Bertz CT molecular complexity index is 1910. The molecule has 5 rings (SSSR count). The number of hydrogen-bond donors (Lipinski definition) is 0. The third-order valence-corrected chi connectivity index (χ3v) is 7.63. The second-order valence-corrected chi connectivity index (χ2v) is 12.5. The summed E-state index contributed by atoms with van der Waals surface area (Å²) in [5.41, 5.74) is 0.298. The summed E-state index contributed by atoms with van der Waals surface area (Å²) in [5.74, 6) is -1.28. The van der Waals surface area contributed by atoms with Crippen molar-refractivity contribution in [2.45, 2.75) is 66.0 Å². The summed E-state index contributed by atoms with van der Waals surface area (Å²) >= 11 is 0. The molecule has 12 heteroatoms. The lowest BCUT2D eigenvalue weighted by Gasteiger charge is -2.41. The topological polar surface area (TPSA) is 117 Å². The van der Waals surface area contributed by atoms with Gasteiger partial charge in [0.05, 0.1) is 28.0 Å². The largest absolute Gasteiger partial charge is 0.444 e. The summed E-state index contributed by atoms with van der Waals surface area (Å²) in [6.45, 7) is 13.9. The van der Waals surface area contributed by atoms with Crippen molar-refractivity contribution in [2.75, 3.05) is 24.5 Å². The second-order valence-electron chi connectivity index (χ2n) is 12.5. The standard InChI is InChI=1S/C33H35F2N7O3/c1-18(2)26-28(19(3)10-11-37-26)42-30-24(14-21(16-36)27(38-30)23-15-22(34)8-9-25(23)35)29(39-31(42)43)41-13-12-40(17-20(41)4)32(44)45-33(5,6)7/h8-11,14-15,18,20H,12-13,17H2,1-7H3/t20-/m0/s1. The number of benzene rings is 1. The Morgan fingerprint density at radius 3 is 2.51 bits per heavy atom. The molecule has 0 spiro atoms. The highest BCUT2D eigenvalue weighted by atomic mass is 19.1. The molecule has 1 atom stereocenters. The SMILES string of the molecule is Cc1ccnc(C(C)C)c1-n1c(=O)nc(N2CCN(C(=O)OC(C)(C)C)C[C@@H]2C)c2cc(C#N)c(-c3cc(F)ccc3F)nc21. The lowest BCUT2D eigenvalue weighted by atomic mass is 10.0. The molecule has 0 radical (unpaired) electrons. The van der Waals surface area contributed by atoms with E-state index in [4.69, 9.17) is 9.72 Å². The minimum absolute atomic E-state index is 0.0210. The van der Waals surface area contributed by atoms with Crippen molar-refractivity contribution >= 4 is 22.9 Å². The lowest BCUT2D eigenvalue weighted by Crippen LogP contribution is -2.55. The van der Waals surface area contributed by atoms with Gasteiger partial charge in [-0.1, -0.05) is 13.8 Å². The van der Waals surface area contributed by atoms with Crippen LogP contribution < -0.4 is 10.6 Å². The molecule has 1 aliphatic heterocycles. The number of anilines is 1. The molecule has 3 aromatic heterocycles. The zero-order valence-electron chi connectivity index (χ0n) is 26.4. The van der Waals surface area contributed by atoms with E-state index in [9.17, 15) is 19.2 Å². The summed E-state index contributed by atoms with van der Waals surface area (Å²) in [6, 6.07) is 7.97. The average molecular weight is 616 g/mol. The number of amides is 1. The highest BCUT2D eigenvalue weighted by Crippen LogP contribution is 2.34. The Hall–Kier alpha value is -4.92. The van der Waals surface area contributed by atoms with Crippen molar-refractivity contribution in [3.05, 3.63) is 75.5 Å². The second kappa shape index (κ2) is 11.9. The monoisotopic (exact) mass is 615 g/mol. The number of rotatable bonds is 4. The van der Waals surface area contributed by atoms with E-state index in [1.54, 1.807) is 37.9 Å². The molecule has 0 unspecified atom stereocenters. The number of nitriles is 1. The molecule has 45 heavy (non-hydrogen) atoms. The molecule has 10 nitrogen and oxygen atoms in total. The quantitative estimate of drug-likeness (QED) is 0.280. The first-order valence-corrected chi connectivity index (χ1v) is 14.7. The molecule has 4 heterocycles. The first kappa shape index (κ1) is 31.5. The van der Waals surface area contributed by atoms with Gasteiger partial charge >= 0.3 is 11.8 Å². The maximum atomic E-state index is 15.1. The normalized spacial score (nSPS) is 15.4. The molecular formula is C33H35F2N7O3. The number of halogens is 2. The zero-order chi connectivity index (χ0) is 32.8. The lowest BCUT2D eigenvalue weighted by molar-refractivity contribution is 0.0218. The maximum absolute atomic E-state index is 15.1. The van der Waals surface area contributed by atoms with Gasteiger partial charge in [-0.15, -0.1) is 0 Å². The molecule has 0 N–H and O–H groups in total. The molecule has 1 fully saturated rings. The van der Waals surface area contributed by atoms with E-state index in [2.05, 4.69) is 16.0 Å². The van der Waals surface area contributed by atoms with Crippen LogP contribution in [0.1, 0.15) is 64.3 Å². The Morgan fingerprint density at radius 2 is 1.87 bits per heavy atom. The van der Waals surface area contributed by atoms with Gasteiger partial charge in [0.2, 0.25) is 0 Å². The van der Waals surface area contributed by atoms with Crippen LogP contribution in [0.3, 0.4) is 0 Å². The minimum atomic E-state index is -0.768. The number of aromatic nitrogens is 4. The molecule has 1 aliphatic rings. The van der Waals surface area contributed by atoms with Gasteiger partial charge in [0, 0.05) is 37.4 Å². The first-order chi connectivity index (χ1) is 21.2. The first-order valence-electron chi connectivity index (χ1n) is 14.7. The van der Waals surface area contributed by atoms with Gasteiger partial charge in [-0.2, -0.15) is 10.2 Å². The molecule has 1 amide bonds. The van der Waals surface area contributed by atoms with Gasteiger partial charge in [0.1, 0.15) is 29.1 Å². The van der Waals surface area contributed by atoms with Gasteiger partial charge in [-0.3, -0.25) is 4.98 Å². The van der Waals surface area contributed by atoms with E-state index in [-0.39, 0.29) is 40.2 Å². The number of piperazine rings is 1. The highest BCUT2D eigenvalue weighted by Gasteiger charge is 2.33. The van der Waals surface area contributed by atoms with Gasteiger partial charge < -0.3 is 14.5 Å². The van der Waals surface area contributed by atoms with Gasteiger partial charge in [-0.05, 0) is 76.4 Å². The van der Waals surface area contributed by atoms with E-state index < -0.39 is 29.0 Å². The van der Waals surface area contributed by atoms with Crippen molar-refractivity contribution in [1.82, 2.24) is 24.4 Å². The van der Waals surface area contributed by atoms with E-state index >= 15 is 4.39 Å². The molecule has 0 saturated carbocycles. The van der Waals surface area contributed by atoms with Crippen LogP contribution in [0, 0.1) is 29.9 Å². The van der Waals surface area contributed by atoms with Crippen molar-refractivity contribution in [2.24, 2.45) is 0 Å². The third-order valence-electron chi connectivity index (χ3n) is 7.63. The summed E-state index contributed by atoms with van der Waals surface area (Å²) in [6.07, 6.45) is 1.22. The summed E-state index contributed by atoms with van der Waals surface area (Å²) in [7, 11) is 0. The van der Waals surface area contributed by atoms with E-state index in [0.717, 1.165) is 23.8 Å². The van der Waals surface area contributed by atoms with Gasteiger partial charge in [-0.25, -0.2) is 27.9 Å². The van der Waals surface area contributed by atoms with Crippen molar-refractivity contribution in [3.8, 4) is 23.0 Å². The van der Waals surface area contributed by atoms with E-state index in [0.29, 0.717) is 36.4 Å². The Balaban J connectivity index is 1.77. The van der Waals surface area contributed by atoms with Crippen molar-refractivity contribution in [1.29, 1.82) is 5.26 Å². The number of carbonyl (C=O) groups excluding carboxylic acids is 1. The molecule has 1 aromatic carbocycles. The number of carbonyl (C=O) groups is 1. The van der Waals surface area contributed by atoms with Crippen molar-refractivity contribution in [3.63, 3.8) is 0 Å². The Labute approximate surface area is 259 Å². The Morgan fingerprint density at radius 1 is 1.13 bits per heavy atom. The van der Waals surface area contributed by atoms with E-state index in [1.807, 2.05) is 32.6 Å². The molecule has 0 aliphatic carbocycles. The Kier molecular flexibility index (Phi) is 8.31. The summed E-state index contributed by atoms with van der Waals surface area (Å²) in [4.78, 5) is 44.1. The fourth-order valence-corrected chi connectivity index (χ4v) is 5.57. The molecule has 234 valence electrons. The summed E-state index contributed by atoms with van der Waals surface area (Å²) in [5, 5.41) is 10.5. The van der Waals surface area contributed by atoms with Crippen LogP contribution in [-0.2, 0) is 4.74 Å². The predicted octanol–water partition coefficient (Wildman–Crippen LogP) is 5.87. The van der Waals surface area contributed by atoms with Crippen molar-refractivity contribution < 1.29 is 18.3 Å². The third kappa shape index (κ3) is 6.07. The number of nitrogens with zero attached hydrogens (tertiary/aromatic N) is 7. The van der Waals surface area contributed by atoms with Crippen LogP contribution in [0.5, 0.6) is 0 Å². The van der Waals surface area contributed by atoms with Crippen LogP contribution in [-0.4, -0.2) is 61.8 Å². The van der Waals surface area contributed by atoms with E-state index in [1.165, 1.54) is 10.6 Å². The number of pyridine rings is 2. The smallest absolute Gasteiger partial charge is 0.410 e. The predicted molar refractivity (Wildman–Crippen MR) is 166 cm³/mol. The van der Waals surface area contributed by atoms with Crippen LogP contribution in [0.15, 0.2) is 41.3 Å². The van der Waals surface area contributed by atoms with Crippen LogP contribution >= 0.6 is 0 Å². The van der Waals surface area contributed by atoms with Crippen LogP contribution in [0.4, 0.5) is 19.4 Å². The fourth-order valence-electron chi connectivity index (χ4n) is 5.57. The van der Waals surface area contributed by atoms with Gasteiger partial charge in [0.15, 0.2) is 5.65 Å². The highest BCUT2D eigenvalue weighted by molar-refractivity contribution is 5.92. The summed E-state index contributed by atoms with van der Waals surface area (Å²) < 4.78 is 36.3. The van der Waals surface area contributed by atoms with Crippen LogP contribution in [0.2, 0.25) is 0 Å². The molecular weight excluding hydrogens is 580 g/mol. The number of aryl methyl sites for hydroxylation is 1. The maximum Gasteiger partial charge on any atom is 0.410 e. The average Bonchev–Trinajstić information content (AvgIpc) is 2.97. The minimum Gasteiger partial charge on any atom is -0.444 e. The molecule has 4 aromatic rings. The number of ether oxygens (including phenoxy) is 1. The molecule has 1 saturated heterocycles. The van der Waals surface area contributed by atoms with Gasteiger partial charge in [0.25, 0.3) is 0 Å². The number of hydrogen-bond acceptors (Lipinski definition) is 8. The zero-order valence-corrected chi connectivity index (χ0v) is 26.4. The number of fused-ring (bicyclic) bond motifs is 1. The molecule has 0 bridgehead atoms. The van der Waals surface area contributed by atoms with Crippen LogP contribution in [0.25, 0.3) is 28.0 Å².